The summed E-state index contributed by atoms with van der Waals surface area (Å²) in [5.74, 6) is -0.120. The van der Waals surface area contributed by atoms with Crippen LogP contribution in [0.2, 0.25) is 0 Å². The third kappa shape index (κ3) is 6.20. The second-order valence-corrected chi connectivity index (χ2v) is 9.87. The fourth-order valence-electron chi connectivity index (χ4n) is 2.88. The fraction of sp³-hybridized carbons (Fsp3) is 0.0400. The number of rotatable bonds is 5. The van der Waals surface area contributed by atoms with E-state index in [2.05, 4.69) is 72.8 Å². The molecule has 0 atom stereocenters. The standard InChI is InChI=1S/C19H17OS.C6H5FO3S/c1-20-16-12-14-19(15-13-16)21(17-8-4-2-5-9-17)18-10-6-3-7-11-18;7-5-3-1-2-4-6(5)11(8,9)10/h2-15H,1H3;1-4H,(H,8,9,10)/q+1;/p-1. The molecule has 4 aromatic carbocycles. The van der Waals surface area contributed by atoms with E-state index in [1.54, 1.807) is 7.11 Å². The molecule has 0 aromatic heterocycles. The van der Waals surface area contributed by atoms with Gasteiger partial charge in [0.25, 0.3) is 0 Å². The molecule has 4 rings (SSSR count). The Hall–Kier alpha value is -3.13. The summed E-state index contributed by atoms with van der Waals surface area (Å²) >= 11 is 0. The Morgan fingerprint density at radius 1 is 0.688 bits per heavy atom. The SMILES string of the molecule is COc1ccc([S+](c2ccccc2)c2ccccc2)cc1.O=S(=O)([O-])c1ccccc1F. The molecule has 0 saturated carbocycles. The summed E-state index contributed by atoms with van der Waals surface area (Å²) in [6, 6.07) is 34.1. The number of benzene rings is 4. The van der Waals surface area contributed by atoms with Crippen LogP contribution in [0, 0.1) is 5.82 Å². The second-order valence-electron chi connectivity index (χ2n) is 6.49. The number of methoxy groups -OCH3 is 1. The van der Waals surface area contributed by atoms with Gasteiger partial charge in [-0.05, 0) is 60.7 Å². The molecule has 0 heterocycles. The summed E-state index contributed by atoms with van der Waals surface area (Å²) in [6.07, 6.45) is 0. The maximum atomic E-state index is 12.5. The Kier molecular flexibility index (Phi) is 8.05. The lowest BCUT2D eigenvalue weighted by Gasteiger charge is -2.08. The van der Waals surface area contributed by atoms with Gasteiger partial charge >= 0.3 is 0 Å². The van der Waals surface area contributed by atoms with Crippen LogP contribution in [0.3, 0.4) is 0 Å². The van der Waals surface area contributed by atoms with E-state index in [0.717, 1.165) is 17.9 Å². The Bertz CT molecular complexity index is 1190. The van der Waals surface area contributed by atoms with Crippen LogP contribution in [0.15, 0.2) is 129 Å². The van der Waals surface area contributed by atoms with Gasteiger partial charge in [0.05, 0.1) is 22.9 Å². The van der Waals surface area contributed by atoms with Gasteiger partial charge in [0.15, 0.2) is 14.7 Å². The van der Waals surface area contributed by atoms with Gasteiger partial charge in [-0.3, -0.25) is 0 Å². The molecule has 0 amide bonds. The van der Waals surface area contributed by atoms with Crippen LogP contribution in [0.25, 0.3) is 0 Å². The monoisotopic (exact) mass is 468 g/mol. The molecule has 0 saturated heterocycles. The van der Waals surface area contributed by atoms with Crippen LogP contribution in [0.5, 0.6) is 5.75 Å². The molecular weight excluding hydrogens is 447 g/mol. The lowest BCUT2D eigenvalue weighted by atomic mass is 10.3. The average Bonchev–Trinajstić information content (AvgIpc) is 2.81. The predicted molar refractivity (Wildman–Crippen MR) is 122 cm³/mol. The Morgan fingerprint density at radius 2 is 1.12 bits per heavy atom. The van der Waals surface area contributed by atoms with E-state index in [1.165, 1.54) is 26.8 Å². The minimum absolute atomic E-state index is 0.0804. The van der Waals surface area contributed by atoms with Crippen molar-refractivity contribution < 1.29 is 22.1 Å². The number of hydrogen-bond acceptors (Lipinski definition) is 4. The molecule has 0 N–H and O–H groups in total. The van der Waals surface area contributed by atoms with Crippen LogP contribution in [0.4, 0.5) is 4.39 Å². The molecule has 4 nitrogen and oxygen atoms in total. The third-order valence-corrected chi connectivity index (χ3v) is 7.46. The van der Waals surface area contributed by atoms with Crippen molar-refractivity contribution in [3.8, 4) is 5.75 Å². The van der Waals surface area contributed by atoms with Gasteiger partial charge in [-0.15, -0.1) is 0 Å². The van der Waals surface area contributed by atoms with Gasteiger partial charge in [-0.2, -0.15) is 0 Å². The number of hydrogen-bond donors (Lipinski definition) is 0. The molecule has 0 fully saturated rings. The molecule has 0 aliphatic rings. The highest BCUT2D eigenvalue weighted by atomic mass is 32.2. The quantitative estimate of drug-likeness (QED) is 0.286. The van der Waals surface area contributed by atoms with Crippen molar-refractivity contribution in [2.75, 3.05) is 7.11 Å². The molecule has 0 aliphatic carbocycles. The van der Waals surface area contributed by atoms with Gasteiger partial charge in [0.2, 0.25) is 0 Å². The van der Waals surface area contributed by atoms with Crippen molar-refractivity contribution >= 4 is 21.0 Å². The summed E-state index contributed by atoms with van der Waals surface area (Å²) in [5, 5.41) is 0. The van der Waals surface area contributed by atoms with E-state index >= 15 is 0 Å². The predicted octanol–water partition coefficient (Wildman–Crippen LogP) is 5.52. The molecular formula is C25H21FO4S2. The van der Waals surface area contributed by atoms with Crippen molar-refractivity contribution in [1.82, 2.24) is 0 Å². The van der Waals surface area contributed by atoms with Crippen LogP contribution < -0.4 is 4.74 Å². The first-order valence-electron chi connectivity index (χ1n) is 9.59. The number of halogens is 1. The van der Waals surface area contributed by atoms with Crippen molar-refractivity contribution in [3.63, 3.8) is 0 Å². The Morgan fingerprint density at radius 3 is 1.53 bits per heavy atom. The van der Waals surface area contributed by atoms with Gasteiger partial charge in [0.1, 0.15) is 21.7 Å². The third-order valence-electron chi connectivity index (χ3n) is 4.36. The summed E-state index contributed by atoms with van der Waals surface area (Å²) < 4.78 is 48.5. The minimum atomic E-state index is -4.66. The summed E-state index contributed by atoms with van der Waals surface area (Å²) in [7, 11) is -3.04. The Labute approximate surface area is 190 Å². The molecule has 0 bridgehead atoms. The van der Waals surface area contributed by atoms with Crippen LogP contribution in [0.1, 0.15) is 0 Å². The zero-order valence-electron chi connectivity index (χ0n) is 17.2. The first-order valence-corrected chi connectivity index (χ1v) is 12.2. The summed E-state index contributed by atoms with van der Waals surface area (Å²) in [6.45, 7) is 0. The smallest absolute Gasteiger partial charge is 0.166 e. The van der Waals surface area contributed by atoms with Crippen molar-refractivity contribution in [2.45, 2.75) is 19.6 Å². The molecule has 4 aromatic rings. The highest BCUT2D eigenvalue weighted by molar-refractivity contribution is 7.97. The van der Waals surface area contributed by atoms with Crippen molar-refractivity contribution in [2.24, 2.45) is 0 Å². The molecule has 0 unspecified atom stereocenters. The zero-order valence-corrected chi connectivity index (χ0v) is 18.9. The molecule has 0 spiro atoms. The lowest BCUT2D eigenvalue weighted by Crippen LogP contribution is -2.04. The van der Waals surface area contributed by atoms with E-state index in [-0.39, 0.29) is 10.9 Å². The maximum Gasteiger partial charge on any atom is 0.166 e. The molecule has 32 heavy (non-hydrogen) atoms. The van der Waals surface area contributed by atoms with E-state index in [0.29, 0.717) is 0 Å². The van der Waals surface area contributed by atoms with Gasteiger partial charge in [-0.25, -0.2) is 12.8 Å². The van der Waals surface area contributed by atoms with E-state index in [9.17, 15) is 17.4 Å². The van der Waals surface area contributed by atoms with Crippen LogP contribution in [-0.2, 0) is 21.0 Å². The second kappa shape index (κ2) is 10.9. The van der Waals surface area contributed by atoms with Crippen LogP contribution >= 0.6 is 0 Å². The zero-order chi connectivity index (χ0) is 23.0. The van der Waals surface area contributed by atoms with Crippen molar-refractivity contribution in [3.05, 3.63) is 115 Å². The highest BCUT2D eigenvalue weighted by Crippen LogP contribution is 2.31. The lowest BCUT2D eigenvalue weighted by molar-refractivity contribution is 0.414. The molecule has 7 heteroatoms. The fourth-order valence-corrected chi connectivity index (χ4v) is 5.52. The molecule has 0 aliphatic heterocycles. The van der Waals surface area contributed by atoms with Gasteiger partial charge < -0.3 is 9.29 Å². The number of ether oxygens (including phenoxy) is 1. The maximum absolute atomic E-state index is 12.5. The summed E-state index contributed by atoms with van der Waals surface area (Å²) in [5.41, 5.74) is 0. The Balaban J connectivity index is 0.000000222. The minimum Gasteiger partial charge on any atom is -0.744 e. The van der Waals surface area contributed by atoms with E-state index in [1.807, 2.05) is 12.1 Å². The van der Waals surface area contributed by atoms with E-state index in [4.69, 9.17) is 4.74 Å². The molecule has 164 valence electrons. The van der Waals surface area contributed by atoms with Crippen molar-refractivity contribution in [1.29, 1.82) is 0 Å². The average molecular weight is 469 g/mol. The highest BCUT2D eigenvalue weighted by Gasteiger charge is 2.28. The van der Waals surface area contributed by atoms with Gasteiger partial charge in [-0.1, -0.05) is 48.5 Å². The van der Waals surface area contributed by atoms with Gasteiger partial charge in [0, 0.05) is 0 Å². The largest absolute Gasteiger partial charge is 0.744 e. The van der Waals surface area contributed by atoms with Crippen LogP contribution in [-0.4, -0.2) is 20.1 Å². The topological polar surface area (TPSA) is 66.4 Å². The summed E-state index contributed by atoms with van der Waals surface area (Å²) in [4.78, 5) is 3.15. The molecule has 0 radical (unpaired) electrons. The first kappa shape index (κ1) is 23.5. The first-order chi connectivity index (χ1) is 15.4. The van der Waals surface area contributed by atoms with E-state index < -0.39 is 20.8 Å². The normalized spacial score (nSPS) is 10.9.